The normalized spacial score (nSPS) is 10.2. The lowest BCUT2D eigenvalue weighted by molar-refractivity contribution is -0.116. The lowest BCUT2D eigenvalue weighted by Gasteiger charge is -2.09. The van der Waals surface area contributed by atoms with E-state index in [0.717, 1.165) is 12.1 Å². The molecule has 0 saturated carbocycles. The summed E-state index contributed by atoms with van der Waals surface area (Å²) in [5.41, 5.74) is 7.63. The van der Waals surface area contributed by atoms with Gasteiger partial charge >= 0.3 is 0 Å². The van der Waals surface area contributed by atoms with Crippen molar-refractivity contribution in [2.75, 3.05) is 16.8 Å². The number of carbonyl (C=O) groups is 1. The molecule has 22 heavy (non-hydrogen) atoms. The number of hydrogen-bond acceptors (Lipinski definition) is 6. The Morgan fingerprint density at radius 2 is 2.14 bits per heavy atom. The van der Waals surface area contributed by atoms with Crippen molar-refractivity contribution in [3.63, 3.8) is 0 Å². The molecule has 0 aliphatic rings. The number of aryl methyl sites for hydroxylation is 1. The van der Waals surface area contributed by atoms with Gasteiger partial charge in [-0.1, -0.05) is 30.8 Å². The van der Waals surface area contributed by atoms with Crippen LogP contribution in [0.4, 0.5) is 11.6 Å². The molecule has 0 fully saturated rings. The third kappa shape index (κ3) is 3.99. The summed E-state index contributed by atoms with van der Waals surface area (Å²) in [6, 6.07) is 9.65. The van der Waals surface area contributed by atoms with E-state index in [0.29, 0.717) is 5.16 Å². The fraction of sp³-hybridized carbons (Fsp3) is 0.286. The van der Waals surface area contributed by atoms with E-state index in [1.807, 2.05) is 30.3 Å². The minimum atomic E-state index is -0.227. The van der Waals surface area contributed by atoms with E-state index in [4.69, 9.17) is 11.0 Å². The number of nitrogen functional groups attached to an aromatic ring is 1. The topological polar surface area (TPSA) is 110 Å². The zero-order valence-corrected chi connectivity index (χ0v) is 12.9. The van der Waals surface area contributed by atoms with Crippen molar-refractivity contribution in [3.05, 3.63) is 29.8 Å². The number of rotatable bonds is 6. The Bertz CT molecular complexity index is 688. The van der Waals surface area contributed by atoms with Gasteiger partial charge in [0.25, 0.3) is 0 Å². The standard InChI is InChI=1S/C14H16N6OS/c1-2-10-3-5-11(6-4-10)17-12(21)9-20-13(16)18-19-14(20)22-8-7-15/h3-6H,2,8-9H2,1H3,(H2,16,18)(H,17,21). The van der Waals surface area contributed by atoms with Crippen LogP contribution >= 0.6 is 11.8 Å². The molecule has 114 valence electrons. The number of carbonyl (C=O) groups excluding carboxylic acids is 1. The molecule has 0 atom stereocenters. The first-order valence-corrected chi connectivity index (χ1v) is 7.69. The summed E-state index contributed by atoms with van der Waals surface area (Å²) < 4.78 is 1.48. The summed E-state index contributed by atoms with van der Waals surface area (Å²) in [5, 5.41) is 19.4. The molecular weight excluding hydrogens is 300 g/mol. The molecule has 8 heteroatoms. The van der Waals surface area contributed by atoms with Crippen LogP contribution in [0, 0.1) is 11.3 Å². The van der Waals surface area contributed by atoms with Gasteiger partial charge in [0.1, 0.15) is 6.54 Å². The molecule has 1 aromatic heterocycles. The van der Waals surface area contributed by atoms with Crippen molar-refractivity contribution in [1.29, 1.82) is 5.26 Å². The molecule has 2 aromatic rings. The van der Waals surface area contributed by atoms with E-state index >= 15 is 0 Å². The first-order valence-electron chi connectivity index (χ1n) is 6.71. The lowest BCUT2D eigenvalue weighted by Crippen LogP contribution is -2.20. The van der Waals surface area contributed by atoms with Gasteiger partial charge in [-0.15, -0.1) is 10.2 Å². The molecule has 3 N–H and O–H groups in total. The fourth-order valence-corrected chi connectivity index (χ4v) is 2.43. The van der Waals surface area contributed by atoms with Gasteiger partial charge in [0.15, 0.2) is 5.16 Å². The molecule has 0 radical (unpaired) electrons. The van der Waals surface area contributed by atoms with Crippen LogP contribution in [0.25, 0.3) is 0 Å². The number of benzene rings is 1. The van der Waals surface area contributed by atoms with Crippen LogP contribution in [-0.4, -0.2) is 26.4 Å². The van der Waals surface area contributed by atoms with Gasteiger partial charge in [-0.25, -0.2) is 0 Å². The SMILES string of the molecule is CCc1ccc(NC(=O)Cn2c(N)nnc2SCC#N)cc1. The van der Waals surface area contributed by atoms with E-state index < -0.39 is 0 Å². The van der Waals surface area contributed by atoms with Gasteiger partial charge in [-0.3, -0.25) is 9.36 Å². The summed E-state index contributed by atoms with van der Waals surface area (Å²) in [5.74, 6) is 0.143. The first-order chi connectivity index (χ1) is 10.6. The van der Waals surface area contributed by atoms with Crippen molar-refractivity contribution in [1.82, 2.24) is 14.8 Å². The number of nitrogens with zero attached hydrogens (tertiary/aromatic N) is 4. The highest BCUT2D eigenvalue weighted by atomic mass is 32.2. The van der Waals surface area contributed by atoms with Crippen LogP contribution < -0.4 is 11.1 Å². The molecule has 0 bridgehead atoms. The largest absolute Gasteiger partial charge is 0.368 e. The van der Waals surface area contributed by atoms with E-state index in [1.165, 1.54) is 21.9 Å². The molecule has 1 amide bonds. The first kappa shape index (κ1) is 15.9. The zero-order valence-electron chi connectivity index (χ0n) is 12.1. The fourth-order valence-electron chi connectivity index (χ4n) is 1.82. The average molecular weight is 316 g/mol. The predicted octanol–water partition coefficient (Wildman–Crippen LogP) is 1.68. The van der Waals surface area contributed by atoms with Crippen molar-refractivity contribution in [2.45, 2.75) is 25.0 Å². The van der Waals surface area contributed by atoms with Crippen LogP contribution in [0.5, 0.6) is 0 Å². The molecule has 0 spiro atoms. The highest BCUT2D eigenvalue weighted by Crippen LogP contribution is 2.18. The Labute approximate surface area is 132 Å². The summed E-state index contributed by atoms with van der Waals surface area (Å²) in [7, 11) is 0. The highest BCUT2D eigenvalue weighted by Gasteiger charge is 2.13. The number of nitrogens with two attached hydrogens (primary N) is 1. The average Bonchev–Trinajstić information content (AvgIpc) is 2.86. The van der Waals surface area contributed by atoms with Gasteiger partial charge in [0.05, 0.1) is 11.8 Å². The van der Waals surface area contributed by atoms with Crippen molar-refractivity contribution in [3.8, 4) is 6.07 Å². The maximum atomic E-state index is 12.1. The Kier molecular flexibility index (Phi) is 5.38. The molecule has 1 heterocycles. The number of hydrogen-bond donors (Lipinski definition) is 2. The number of aromatic nitrogens is 3. The van der Waals surface area contributed by atoms with E-state index in [1.54, 1.807) is 0 Å². The van der Waals surface area contributed by atoms with Crippen LogP contribution in [0.1, 0.15) is 12.5 Å². The summed E-state index contributed by atoms with van der Waals surface area (Å²) in [6.07, 6.45) is 0.949. The number of thioether (sulfide) groups is 1. The monoisotopic (exact) mass is 316 g/mol. The van der Waals surface area contributed by atoms with Crippen LogP contribution in [0.15, 0.2) is 29.4 Å². The minimum Gasteiger partial charge on any atom is -0.368 e. The number of amides is 1. The Hall–Kier alpha value is -2.53. The third-order valence-corrected chi connectivity index (χ3v) is 3.79. The second-order valence-corrected chi connectivity index (χ2v) is 5.41. The molecule has 0 aliphatic heterocycles. The number of anilines is 2. The minimum absolute atomic E-state index is 0.00211. The maximum Gasteiger partial charge on any atom is 0.244 e. The summed E-state index contributed by atoms with van der Waals surface area (Å²) in [6.45, 7) is 2.07. The van der Waals surface area contributed by atoms with Gasteiger partial charge < -0.3 is 11.1 Å². The quantitative estimate of drug-likeness (QED) is 0.785. The van der Waals surface area contributed by atoms with E-state index in [2.05, 4.69) is 22.4 Å². The van der Waals surface area contributed by atoms with Crippen molar-refractivity contribution < 1.29 is 4.79 Å². The molecule has 7 nitrogen and oxygen atoms in total. The molecule has 0 aliphatic carbocycles. The summed E-state index contributed by atoms with van der Waals surface area (Å²) >= 11 is 1.19. The summed E-state index contributed by atoms with van der Waals surface area (Å²) in [4.78, 5) is 12.1. The molecular formula is C14H16N6OS. The Balaban J connectivity index is 2.02. The van der Waals surface area contributed by atoms with Gasteiger partial charge in [0, 0.05) is 5.69 Å². The third-order valence-electron chi connectivity index (χ3n) is 2.96. The second-order valence-electron chi connectivity index (χ2n) is 4.47. The predicted molar refractivity (Wildman–Crippen MR) is 85.2 cm³/mol. The molecule has 0 unspecified atom stereocenters. The van der Waals surface area contributed by atoms with Crippen LogP contribution in [0.3, 0.4) is 0 Å². The van der Waals surface area contributed by atoms with Crippen LogP contribution in [-0.2, 0) is 17.8 Å². The number of nitriles is 1. The molecule has 1 aromatic carbocycles. The second kappa shape index (κ2) is 7.47. The van der Waals surface area contributed by atoms with Crippen LogP contribution in [0.2, 0.25) is 0 Å². The molecule has 0 saturated heterocycles. The maximum absolute atomic E-state index is 12.1. The highest BCUT2D eigenvalue weighted by molar-refractivity contribution is 7.99. The van der Waals surface area contributed by atoms with E-state index in [-0.39, 0.29) is 24.2 Å². The number of nitrogens with one attached hydrogen (secondary N) is 1. The Morgan fingerprint density at radius 3 is 2.77 bits per heavy atom. The van der Waals surface area contributed by atoms with Crippen molar-refractivity contribution >= 4 is 29.3 Å². The lowest BCUT2D eigenvalue weighted by atomic mass is 10.1. The zero-order chi connectivity index (χ0) is 15.9. The van der Waals surface area contributed by atoms with Gasteiger partial charge in [0.2, 0.25) is 11.9 Å². The van der Waals surface area contributed by atoms with Gasteiger partial charge in [-0.2, -0.15) is 5.26 Å². The Morgan fingerprint density at radius 1 is 1.41 bits per heavy atom. The van der Waals surface area contributed by atoms with Gasteiger partial charge in [-0.05, 0) is 24.1 Å². The molecule has 2 rings (SSSR count). The van der Waals surface area contributed by atoms with E-state index in [9.17, 15) is 4.79 Å². The van der Waals surface area contributed by atoms with Crippen molar-refractivity contribution in [2.24, 2.45) is 0 Å². The smallest absolute Gasteiger partial charge is 0.244 e.